The Hall–Kier alpha value is -0.940. The topological polar surface area (TPSA) is 71.0 Å². The number of aromatic amines is 1. The van der Waals surface area contributed by atoms with Crippen LogP contribution in [0, 0.1) is 5.92 Å². The second-order valence-electron chi connectivity index (χ2n) is 5.31. The van der Waals surface area contributed by atoms with Gasteiger partial charge in [0.05, 0.1) is 5.60 Å². The number of hydrogen-bond donors (Lipinski definition) is 2. The first kappa shape index (κ1) is 11.2. The first-order valence-corrected chi connectivity index (χ1v) is 6.46. The molecular weight excluding hydrogens is 218 g/mol. The summed E-state index contributed by atoms with van der Waals surface area (Å²) in [6, 6.07) is 0. The van der Waals surface area contributed by atoms with Gasteiger partial charge in [-0.25, -0.2) is 4.98 Å². The molecule has 17 heavy (non-hydrogen) atoms. The van der Waals surface area contributed by atoms with Crippen molar-refractivity contribution in [2.45, 2.75) is 50.2 Å². The van der Waals surface area contributed by atoms with Crippen LogP contribution in [0.25, 0.3) is 0 Å². The van der Waals surface area contributed by atoms with Gasteiger partial charge < -0.3 is 9.84 Å². The molecular formula is C12H19N3O2. The molecule has 0 bridgehead atoms. The number of ether oxygens (including phenoxy) is 1. The van der Waals surface area contributed by atoms with Crippen LogP contribution in [0.3, 0.4) is 0 Å². The van der Waals surface area contributed by atoms with E-state index >= 15 is 0 Å². The van der Waals surface area contributed by atoms with Crippen LogP contribution in [0.4, 0.5) is 0 Å². The Kier molecular flexibility index (Phi) is 2.88. The minimum Gasteiger partial charge on any atom is -0.385 e. The molecule has 0 amide bonds. The average Bonchev–Trinajstić information content (AvgIpc) is 3.00. The van der Waals surface area contributed by atoms with Crippen LogP contribution < -0.4 is 0 Å². The first-order chi connectivity index (χ1) is 8.29. The summed E-state index contributed by atoms with van der Waals surface area (Å²) in [4.78, 5) is 4.05. The molecule has 1 spiro atoms. The van der Waals surface area contributed by atoms with Crippen molar-refractivity contribution >= 4 is 0 Å². The van der Waals surface area contributed by atoms with Crippen LogP contribution in [-0.2, 0) is 4.74 Å². The SMILES string of the molecule is OC(c1ncn[nH]1)C1CCOC2(CCCC2)C1. The summed E-state index contributed by atoms with van der Waals surface area (Å²) in [6.45, 7) is 0.760. The third-order valence-corrected chi connectivity index (χ3v) is 4.21. The van der Waals surface area contributed by atoms with Gasteiger partial charge in [-0.05, 0) is 31.6 Å². The molecule has 2 N–H and O–H groups in total. The van der Waals surface area contributed by atoms with Crippen molar-refractivity contribution in [2.24, 2.45) is 5.92 Å². The molecule has 0 aromatic carbocycles. The van der Waals surface area contributed by atoms with Crippen LogP contribution in [0.15, 0.2) is 6.33 Å². The Balaban J connectivity index is 1.71. The summed E-state index contributed by atoms with van der Waals surface area (Å²) in [5.74, 6) is 0.833. The molecule has 5 nitrogen and oxygen atoms in total. The minimum absolute atomic E-state index is 0.0456. The maximum absolute atomic E-state index is 10.3. The normalized spacial score (nSPS) is 29.6. The lowest BCUT2D eigenvalue weighted by molar-refractivity contribution is -0.114. The fourth-order valence-electron chi connectivity index (χ4n) is 3.28. The molecule has 1 aliphatic heterocycles. The van der Waals surface area contributed by atoms with E-state index < -0.39 is 6.10 Å². The Morgan fingerprint density at radius 3 is 3.00 bits per heavy atom. The third kappa shape index (κ3) is 2.09. The maximum Gasteiger partial charge on any atom is 0.153 e. The molecule has 2 atom stereocenters. The number of hydrogen-bond acceptors (Lipinski definition) is 4. The minimum atomic E-state index is -0.529. The predicted molar refractivity (Wildman–Crippen MR) is 61.2 cm³/mol. The van der Waals surface area contributed by atoms with Crippen molar-refractivity contribution in [1.29, 1.82) is 0 Å². The summed E-state index contributed by atoms with van der Waals surface area (Å²) < 4.78 is 5.97. The molecule has 5 heteroatoms. The van der Waals surface area contributed by atoms with E-state index in [0.29, 0.717) is 5.82 Å². The van der Waals surface area contributed by atoms with E-state index in [1.807, 2.05) is 0 Å². The fraction of sp³-hybridized carbons (Fsp3) is 0.833. The van der Waals surface area contributed by atoms with E-state index in [-0.39, 0.29) is 11.5 Å². The number of nitrogens with one attached hydrogen (secondary N) is 1. The highest BCUT2D eigenvalue weighted by molar-refractivity contribution is 4.97. The van der Waals surface area contributed by atoms with Gasteiger partial charge >= 0.3 is 0 Å². The van der Waals surface area contributed by atoms with E-state index in [9.17, 15) is 5.11 Å². The predicted octanol–water partition coefficient (Wildman–Crippen LogP) is 1.58. The fourth-order valence-corrected chi connectivity index (χ4v) is 3.28. The molecule has 1 aromatic rings. The molecule has 2 heterocycles. The number of nitrogens with zero attached hydrogens (tertiary/aromatic N) is 2. The summed E-state index contributed by atoms with van der Waals surface area (Å²) in [7, 11) is 0. The highest BCUT2D eigenvalue weighted by Crippen LogP contribution is 2.44. The molecule has 1 aromatic heterocycles. The van der Waals surface area contributed by atoms with Gasteiger partial charge in [-0.1, -0.05) is 12.8 Å². The Morgan fingerprint density at radius 2 is 2.29 bits per heavy atom. The van der Waals surface area contributed by atoms with Crippen molar-refractivity contribution in [3.63, 3.8) is 0 Å². The standard InChI is InChI=1S/C12H19N3O2/c16-10(11-13-8-14-15-11)9-3-6-17-12(7-9)4-1-2-5-12/h8-10,16H,1-7H2,(H,13,14,15). The van der Waals surface area contributed by atoms with Gasteiger partial charge in [0.2, 0.25) is 0 Å². The molecule has 3 rings (SSSR count). The van der Waals surface area contributed by atoms with Crippen molar-refractivity contribution < 1.29 is 9.84 Å². The number of rotatable bonds is 2. The summed E-state index contributed by atoms with van der Waals surface area (Å²) in [6.07, 6.45) is 7.58. The van der Waals surface area contributed by atoms with Gasteiger partial charge in [0.1, 0.15) is 12.4 Å². The Bertz CT molecular complexity index is 360. The highest BCUT2D eigenvalue weighted by Gasteiger charge is 2.42. The third-order valence-electron chi connectivity index (χ3n) is 4.21. The van der Waals surface area contributed by atoms with Gasteiger partial charge in [-0.3, -0.25) is 5.10 Å². The smallest absolute Gasteiger partial charge is 0.153 e. The molecule has 2 fully saturated rings. The van der Waals surface area contributed by atoms with Crippen LogP contribution in [0.5, 0.6) is 0 Å². The average molecular weight is 237 g/mol. The summed E-state index contributed by atoms with van der Waals surface area (Å²) >= 11 is 0. The van der Waals surface area contributed by atoms with E-state index in [1.54, 1.807) is 0 Å². The van der Waals surface area contributed by atoms with E-state index in [4.69, 9.17) is 4.74 Å². The molecule has 2 aliphatic rings. The van der Waals surface area contributed by atoms with Gasteiger partial charge in [-0.2, -0.15) is 5.10 Å². The van der Waals surface area contributed by atoms with Crippen LogP contribution >= 0.6 is 0 Å². The van der Waals surface area contributed by atoms with Gasteiger partial charge in [-0.15, -0.1) is 0 Å². The van der Waals surface area contributed by atoms with Gasteiger partial charge in [0.15, 0.2) is 5.82 Å². The van der Waals surface area contributed by atoms with E-state index in [1.165, 1.54) is 19.2 Å². The van der Waals surface area contributed by atoms with E-state index in [0.717, 1.165) is 32.3 Å². The molecule has 94 valence electrons. The molecule has 2 unspecified atom stereocenters. The Labute approximate surface area is 101 Å². The first-order valence-electron chi connectivity index (χ1n) is 6.46. The molecule has 0 radical (unpaired) electrons. The second kappa shape index (κ2) is 4.38. The number of aromatic nitrogens is 3. The zero-order chi connectivity index (χ0) is 11.7. The summed E-state index contributed by atoms with van der Waals surface area (Å²) in [5, 5.41) is 16.8. The molecule has 1 aliphatic carbocycles. The van der Waals surface area contributed by atoms with Crippen LogP contribution in [0.1, 0.15) is 50.5 Å². The van der Waals surface area contributed by atoms with E-state index in [2.05, 4.69) is 15.2 Å². The van der Waals surface area contributed by atoms with Crippen molar-refractivity contribution in [2.75, 3.05) is 6.61 Å². The monoisotopic (exact) mass is 237 g/mol. The van der Waals surface area contributed by atoms with Gasteiger partial charge in [0.25, 0.3) is 0 Å². The highest BCUT2D eigenvalue weighted by atomic mass is 16.5. The van der Waals surface area contributed by atoms with Crippen LogP contribution in [0.2, 0.25) is 0 Å². The van der Waals surface area contributed by atoms with Gasteiger partial charge in [0, 0.05) is 6.61 Å². The zero-order valence-corrected chi connectivity index (χ0v) is 9.93. The largest absolute Gasteiger partial charge is 0.385 e. The lowest BCUT2D eigenvalue weighted by Crippen LogP contribution is -2.39. The molecule has 1 saturated heterocycles. The Morgan fingerprint density at radius 1 is 1.47 bits per heavy atom. The maximum atomic E-state index is 10.3. The number of aliphatic hydroxyl groups is 1. The number of aliphatic hydroxyl groups excluding tert-OH is 1. The summed E-state index contributed by atoms with van der Waals surface area (Å²) in [5.41, 5.74) is 0.0456. The lowest BCUT2D eigenvalue weighted by Gasteiger charge is -2.39. The van der Waals surface area contributed by atoms with Crippen molar-refractivity contribution in [1.82, 2.24) is 15.2 Å². The van der Waals surface area contributed by atoms with Crippen molar-refractivity contribution in [3.8, 4) is 0 Å². The second-order valence-corrected chi connectivity index (χ2v) is 5.31. The zero-order valence-electron chi connectivity index (χ0n) is 9.93. The van der Waals surface area contributed by atoms with Crippen molar-refractivity contribution in [3.05, 3.63) is 12.2 Å². The number of H-pyrrole nitrogens is 1. The molecule has 1 saturated carbocycles. The van der Waals surface area contributed by atoms with Crippen LogP contribution in [-0.4, -0.2) is 32.5 Å². The quantitative estimate of drug-likeness (QED) is 0.819. The lowest BCUT2D eigenvalue weighted by atomic mass is 9.81.